The van der Waals surface area contributed by atoms with Crippen LogP contribution in [0.1, 0.15) is 22.7 Å². The third kappa shape index (κ3) is 6.18. The lowest BCUT2D eigenvalue weighted by atomic mass is 10.0. The average molecular weight is 471 g/mol. The van der Waals surface area contributed by atoms with E-state index in [0.717, 1.165) is 12.1 Å². The van der Waals surface area contributed by atoms with Crippen LogP contribution >= 0.6 is 0 Å². The number of rotatable bonds is 8. The van der Waals surface area contributed by atoms with E-state index in [2.05, 4.69) is 5.32 Å². The van der Waals surface area contributed by atoms with Crippen LogP contribution in [0.15, 0.2) is 84.9 Å². The molecule has 3 aromatic rings. The number of non-ortho nitro benzene ring substituents is 1. The van der Waals surface area contributed by atoms with Crippen molar-refractivity contribution in [3.05, 3.63) is 112 Å². The van der Waals surface area contributed by atoms with Gasteiger partial charge in [0, 0.05) is 25.2 Å². The first kappa shape index (κ1) is 24.4. The van der Waals surface area contributed by atoms with Crippen LogP contribution in [0.5, 0.6) is 0 Å². The fraction of sp³-hybridized carbons (Fsp3) is 0.167. The second kappa shape index (κ2) is 10.6. The monoisotopic (exact) mass is 471 g/mol. The number of amides is 2. The van der Waals surface area contributed by atoms with Gasteiger partial charge in [-0.15, -0.1) is 0 Å². The van der Waals surface area contributed by atoms with Crippen LogP contribution in [0.3, 0.4) is 0 Å². The molecule has 0 aliphatic heterocycles. The van der Waals surface area contributed by atoms with Gasteiger partial charge in [-0.2, -0.15) is 13.2 Å². The maximum Gasteiger partial charge on any atom is 0.471 e. The quantitative estimate of drug-likeness (QED) is 0.386. The highest BCUT2D eigenvalue weighted by Crippen LogP contribution is 2.30. The number of carbonyl (C=O) groups excluding carboxylic acids is 2. The summed E-state index contributed by atoms with van der Waals surface area (Å²) < 4.78 is 40.6. The summed E-state index contributed by atoms with van der Waals surface area (Å²) in [4.78, 5) is 36.4. The van der Waals surface area contributed by atoms with Gasteiger partial charge in [0.25, 0.3) is 5.69 Å². The van der Waals surface area contributed by atoms with Crippen molar-refractivity contribution in [1.82, 2.24) is 10.2 Å². The number of alkyl halides is 3. The number of nitrogens with zero attached hydrogens (tertiary/aromatic N) is 2. The second-order valence-corrected chi connectivity index (χ2v) is 7.37. The predicted octanol–water partition coefficient (Wildman–Crippen LogP) is 4.54. The molecule has 7 nitrogen and oxygen atoms in total. The molecule has 0 heterocycles. The van der Waals surface area contributed by atoms with Gasteiger partial charge in [0.1, 0.15) is 6.04 Å². The fourth-order valence-corrected chi connectivity index (χ4v) is 3.36. The van der Waals surface area contributed by atoms with E-state index in [1.807, 2.05) is 0 Å². The first-order valence-electron chi connectivity index (χ1n) is 10.1. The van der Waals surface area contributed by atoms with Gasteiger partial charge >= 0.3 is 12.1 Å². The molecule has 0 fully saturated rings. The van der Waals surface area contributed by atoms with Crippen molar-refractivity contribution < 1.29 is 27.7 Å². The summed E-state index contributed by atoms with van der Waals surface area (Å²) in [5, 5.41) is 13.6. The Morgan fingerprint density at radius 1 is 0.882 bits per heavy atom. The van der Waals surface area contributed by atoms with Crippen LogP contribution in [0.25, 0.3) is 0 Å². The lowest BCUT2D eigenvalue weighted by Crippen LogP contribution is -2.48. The van der Waals surface area contributed by atoms with Crippen LogP contribution in [0, 0.1) is 10.1 Å². The third-order valence-electron chi connectivity index (χ3n) is 4.99. The van der Waals surface area contributed by atoms with Gasteiger partial charge in [0.2, 0.25) is 5.91 Å². The van der Waals surface area contributed by atoms with Gasteiger partial charge in [-0.3, -0.25) is 19.7 Å². The fourth-order valence-electron chi connectivity index (χ4n) is 3.36. The highest BCUT2D eigenvalue weighted by Gasteiger charge is 2.46. The molecule has 3 aromatic carbocycles. The summed E-state index contributed by atoms with van der Waals surface area (Å²) in [6.45, 7) is -0.484. The Morgan fingerprint density at radius 3 is 1.91 bits per heavy atom. The van der Waals surface area contributed by atoms with Crippen molar-refractivity contribution in [2.75, 3.05) is 0 Å². The lowest BCUT2D eigenvalue weighted by Gasteiger charge is -2.32. The molecular weight excluding hydrogens is 451 g/mol. The molecule has 1 unspecified atom stereocenters. The van der Waals surface area contributed by atoms with Crippen LogP contribution in [0.2, 0.25) is 0 Å². The number of benzene rings is 3. The Balaban J connectivity index is 2.02. The number of hydrogen-bond donors (Lipinski definition) is 1. The molecule has 0 aromatic heterocycles. The number of nitro benzene ring substituents is 1. The smallest absolute Gasteiger partial charge is 0.350 e. The van der Waals surface area contributed by atoms with Gasteiger partial charge in [0.15, 0.2) is 0 Å². The first-order chi connectivity index (χ1) is 16.2. The summed E-state index contributed by atoms with van der Waals surface area (Å²) in [7, 11) is 0. The van der Waals surface area contributed by atoms with Crippen LogP contribution < -0.4 is 5.32 Å². The summed E-state index contributed by atoms with van der Waals surface area (Å²) >= 11 is 0. The van der Waals surface area contributed by atoms with Gasteiger partial charge in [-0.05, 0) is 28.8 Å². The molecule has 176 valence electrons. The minimum atomic E-state index is -5.24. The lowest BCUT2D eigenvalue weighted by molar-refractivity contribution is -0.384. The zero-order valence-corrected chi connectivity index (χ0v) is 17.7. The normalized spacial score (nSPS) is 12.0. The standard InChI is InChI=1S/C24H20F3N3O4/c25-24(26,27)23(32)29(16-18-9-5-2-6-10-18)21(19-11-13-20(14-12-19)30(33)34)22(31)28-15-17-7-3-1-4-8-17/h1-14,21H,15-16H2,(H,28,31). The Bertz CT molecular complexity index is 1140. The van der Waals surface area contributed by atoms with Gasteiger partial charge in [-0.1, -0.05) is 60.7 Å². The Morgan fingerprint density at radius 2 is 1.41 bits per heavy atom. The highest BCUT2D eigenvalue weighted by atomic mass is 19.4. The molecule has 3 rings (SSSR count). The van der Waals surface area contributed by atoms with E-state index in [1.165, 1.54) is 24.3 Å². The minimum absolute atomic E-state index is 0.00435. The largest absolute Gasteiger partial charge is 0.471 e. The molecule has 0 bridgehead atoms. The van der Waals surface area contributed by atoms with Gasteiger partial charge < -0.3 is 10.2 Å². The van der Waals surface area contributed by atoms with Gasteiger partial charge in [0.05, 0.1) is 4.92 Å². The molecule has 0 aliphatic rings. The molecule has 1 N–H and O–H groups in total. The average Bonchev–Trinajstić information content (AvgIpc) is 2.83. The zero-order chi connectivity index (χ0) is 24.7. The summed E-state index contributed by atoms with van der Waals surface area (Å²) in [5.41, 5.74) is 0.784. The zero-order valence-electron chi connectivity index (χ0n) is 17.7. The maximum atomic E-state index is 13.5. The van der Waals surface area contributed by atoms with E-state index in [-0.39, 0.29) is 17.8 Å². The van der Waals surface area contributed by atoms with E-state index < -0.39 is 35.5 Å². The number of nitrogens with one attached hydrogen (secondary N) is 1. The Hall–Kier alpha value is -4.21. The highest BCUT2D eigenvalue weighted by molar-refractivity contribution is 5.90. The van der Waals surface area contributed by atoms with Crippen molar-refractivity contribution in [2.45, 2.75) is 25.3 Å². The summed E-state index contributed by atoms with van der Waals surface area (Å²) in [6.07, 6.45) is -5.24. The van der Waals surface area contributed by atoms with Crippen molar-refractivity contribution >= 4 is 17.5 Å². The van der Waals surface area contributed by atoms with Crippen LogP contribution in [-0.2, 0) is 22.7 Å². The molecule has 10 heteroatoms. The summed E-state index contributed by atoms with van der Waals surface area (Å²) in [6, 6.07) is 19.5. The van der Waals surface area contributed by atoms with Crippen LogP contribution in [0.4, 0.5) is 18.9 Å². The molecule has 1 atom stereocenters. The first-order valence-corrected chi connectivity index (χ1v) is 10.1. The van der Waals surface area contributed by atoms with E-state index >= 15 is 0 Å². The maximum absolute atomic E-state index is 13.5. The predicted molar refractivity (Wildman–Crippen MR) is 117 cm³/mol. The SMILES string of the molecule is O=C(NCc1ccccc1)C(c1ccc([N+](=O)[O-])cc1)N(Cc1ccccc1)C(=O)C(F)(F)F. The number of hydrogen-bond acceptors (Lipinski definition) is 4. The summed E-state index contributed by atoms with van der Waals surface area (Å²) in [5.74, 6) is -3.05. The third-order valence-corrected chi connectivity index (χ3v) is 4.99. The number of nitro groups is 1. The molecule has 0 saturated heterocycles. The van der Waals surface area contributed by atoms with E-state index in [4.69, 9.17) is 0 Å². The van der Waals surface area contributed by atoms with E-state index in [1.54, 1.807) is 48.5 Å². The van der Waals surface area contributed by atoms with E-state index in [9.17, 15) is 32.9 Å². The van der Waals surface area contributed by atoms with Crippen molar-refractivity contribution in [1.29, 1.82) is 0 Å². The minimum Gasteiger partial charge on any atom is -0.350 e. The molecule has 2 amide bonds. The number of halogens is 3. The molecule has 34 heavy (non-hydrogen) atoms. The number of carbonyl (C=O) groups is 2. The van der Waals surface area contributed by atoms with Crippen LogP contribution in [-0.4, -0.2) is 27.8 Å². The molecule has 0 aliphatic carbocycles. The Kier molecular flexibility index (Phi) is 7.62. The van der Waals surface area contributed by atoms with E-state index in [0.29, 0.717) is 16.0 Å². The second-order valence-electron chi connectivity index (χ2n) is 7.37. The molecular formula is C24H20F3N3O4. The van der Waals surface area contributed by atoms with Gasteiger partial charge in [-0.25, -0.2) is 0 Å². The van der Waals surface area contributed by atoms with Crippen molar-refractivity contribution in [3.63, 3.8) is 0 Å². The van der Waals surface area contributed by atoms with Crippen molar-refractivity contribution in [3.8, 4) is 0 Å². The molecule has 0 saturated carbocycles. The molecule has 0 spiro atoms. The topological polar surface area (TPSA) is 92.5 Å². The Labute approximate surface area is 193 Å². The molecule has 0 radical (unpaired) electrons. The van der Waals surface area contributed by atoms with Crippen molar-refractivity contribution in [2.24, 2.45) is 0 Å².